The van der Waals surface area contributed by atoms with E-state index in [0.29, 0.717) is 43.0 Å². The fourth-order valence-electron chi connectivity index (χ4n) is 3.51. The van der Waals surface area contributed by atoms with Crippen molar-refractivity contribution in [2.45, 2.75) is 6.61 Å². The maximum Gasteiger partial charge on any atom is 0.384 e. The number of hydrogen-bond acceptors (Lipinski definition) is 6. The highest BCUT2D eigenvalue weighted by atomic mass is 79.9. The second-order valence-corrected chi connectivity index (χ2v) is 8.36. The molecule has 31 heavy (non-hydrogen) atoms. The summed E-state index contributed by atoms with van der Waals surface area (Å²) in [6.45, 7) is 2.47. The maximum absolute atomic E-state index is 12.8. The van der Waals surface area contributed by atoms with Crippen molar-refractivity contribution in [3.05, 3.63) is 63.1 Å². The number of aromatic nitrogens is 3. The third kappa shape index (κ3) is 4.48. The molecular formula is C21H23BrN6O3. The lowest BCUT2D eigenvalue weighted by atomic mass is 10.2. The summed E-state index contributed by atoms with van der Waals surface area (Å²) in [6, 6.07) is 11.5. The zero-order chi connectivity index (χ0) is 22.0. The molecule has 0 spiro atoms. The molecule has 2 amide bonds. The minimum atomic E-state index is -0.528. The number of nitrogens with zero attached hydrogens (tertiary/aromatic N) is 6. The molecule has 1 aromatic carbocycles. The minimum Gasteiger partial charge on any atom is -0.403 e. The van der Waals surface area contributed by atoms with E-state index in [1.165, 1.54) is 0 Å². The summed E-state index contributed by atoms with van der Waals surface area (Å²) >= 11 is 3.46. The van der Waals surface area contributed by atoms with E-state index in [4.69, 9.17) is 4.84 Å². The van der Waals surface area contributed by atoms with E-state index in [1.54, 1.807) is 30.1 Å². The van der Waals surface area contributed by atoms with Crippen LogP contribution in [-0.4, -0.2) is 70.8 Å². The highest BCUT2D eigenvalue weighted by Crippen LogP contribution is 2.25. The molecule has 162 valence electrons. The lowest BCUT2D eigenvalue weighted by molar-refractivity contribution is 0.0949. The summed E-state index contributed by atoms with van der Waals surface area (Å²) in [4.78, 5) is 45.0. The van der Waals surface area contributed by atoms with E-state index in [-0.39, 0.29) is 12.6 Å². The monoisotopic (exact) mass is 486 g/mol. The summed E-state index contributed by atoms with van der Waals surface area (Å²) in [7, 11) is 3.48. The van der Waals surface area contributed by atoms with Crippen LogP contribution in [0.5, 0.6) is 0 Å². The molecule has 2 aromatic heterocycles. The number of hydrogen-bond donors (Lipinski definition) is 0. The molecule has 0 bridgehead atoms. The SMILES string of the molecule is CN(C)C(=O)N1CCN(c2nc(=O)n(OCc3ccccc3)c3ncc(Br)cc23)CC1. The van der Waals surface area contributed by atoms with Crippen LogP contribution in [0.2, 0.25) is 0 Å². The summed E-state index contributed by atoms with van der Waals surface area (Å²) in [5.41, 5.74) is 0.811. The number of carbonyl (C=O) groups excluding carboxylic acids is 1. The van der Waals surface area contributed by atoms with Crippen molar-refractivity contribution in [2.24, 2.45) is 0 Å². The molecule has 0 unspecified atom stereocenters. The van der Waals surface area contributed by atoms with Crippen molar-refractivity contribution in [3.8, 4) is 0 Å². The molecule has 10 heteroatoms. The second kappa shape index (κ2) is 8.93. The number of halogens is 1. The first-order valence-corrected chi connectivity index (χ1v) is 10.7. The molecule has 0 aliphatic carbocycles. The molecule has 3 heterocycles. The molecule has 0 saturated carbocycles. The van der Waals surface area contributed by atoms with Crippen LogP contribution in [0, 0.1) is 0 Å². The Morgan fingerprint density at radius 1 is 1.16 bits per heavy atom. The Hall–Kier alpha value is -3.14. The quantitative estimate of drug-likeness (QED) is 0.560. The van der Waals surface area contributed by atoms with Crippen LogP contribution >= 0.6 is 15.9 Å². The summed E-state index contributed by atoms with van der Waals surface area (Å²) in [6.07, 6.45) is 1.63. The first kappa shape index (κ1) is 21.1. The molecule has 1 aliphatic rings. The van der Waals surface area contributed by atoms with Crippen molar-refractivity contribution >= 4 is 38.8 Å². The van der Waals surface area contributed by atoms with Gasteiger partial charge in [-0.3, -0.25) is 0 Å². The number of anilines is 1. The Bertz CT molecular complexity index is 1140. The summed E-state index contributed by atoms with van der Waals surface area (Å²) < 4.78 is 1.92. The first-order chi connectivity index (χ1) is 14.9. The molecule has 0 radical (unpaired) electrons. The van der Waals surface area contributed by atoms with E-state index in [0.717, 1.165) is 14.8 Å². The smallest absolute Gasteiger partial charge is 0.384 e. The minimum absolute atomic E-state index is 0.0217. The maximum atomic E-state index is 12.8. The van der Waals surface area contributed by atoms with Crippen molar-refractivity contribution < 1.29 is 9.63 Å². The van der Waals surface area contributed by atoms with Gasteiger partial charge in [-0.1, -0.05) is 30.3 Å². The van der Waals surface area contributed by atoms with Crippen LogP contribution in [0.3, 0.4) is 0 Å². The Kier molecular flexibility index (Phi) is 6.08. The Balaban J connectivity index is 1.64. The van der Waals surface area contributed by atoms with Crippen molar-refractivity contribution in [1.82, 2.24) is 24.5 Å². The number of benzene rings is 1. The number of pyridine rings is 1. The first-order valence-electron chi connectivity index (χ1n) is 9.91. The van der Waals surface area contributed by atoms with Gasteiger partial charge in [0.1, 0.15) is 12.4 Å². The van der Waals surface area contributed by atoms with Gasteiger partial charge in [0, 0.05) is 50.9 Å². The van der Waals surface area contributed by atoms with Crippen molar-refractivity contribution in [3.63, 3.8) is 0 Å². The number of fused-ring (bicyclic) bond motifs is 1. The van der Waals surface area contributed by atoms with Gasteiger partial charge in [-0.25, -0.2) is 14.6 Å². The predicted octanol–water partition coefficient (Wildman–Crippen LogP) is 1.99. The average molecular weight is 487 g/mol. The van der Waals surface area contributed by atoms with Gasteiger partial charge in [0.25, 0.3) is 0 Å². The van der Waals surface area contributed by atoms with Crippen LogP contribution in [0.1, 0.15) is 5.56 Å². The van der Waals surface area contributed by atoms with Crippen LogP contribution < -0.4 is 15.4 Å². The molecule has 1 aliphatic heterocycles. The number of carbonyl (C=O) groups is 1. The van der Waals surface area contributed by atoms with Crippen molar-refractivity contribution in [2.75, 3.05) is 45.2 Å². The second-order valence-electron chi connectivity index (χ2n) is 7.45. The molecular weight excluding hydrogens is 464 g/mol. The average Bonchev–Trinajstić information content (AvgIpc) is 2.78. The van der Waals surface area contributed by atoms with Gasteiger partial charge < -0.3 is 19.5 Å². The van der Waals surface area contributed by atoms with Crippen LogP contribution in [0.25, 0.3) is 11.0 Å². The zero-order valence-corrected chi connectivity index (χ0v) is 18.9. The molecule has 9 nitrogen and oxygen atoms in total. The van der Waals surface area contributed by atoms with Crippen LogP contribution in [-0.2, 0) is 6.61 Å². The Morgan fingerprint density at radius 2 is 1.87 bits per heavy atom. The largest absolute Gasteiger partial charge is 0.403 e. The van der Waals surface area contributed by atoms with Gasteiger partial charge in [-0.15, -0.1) is 4.73 Å². The Morgan fingerprint density at radius 3 is 2.55 bits per heavy atom. The van der Waals surface area contributed by atoms with Gasteiger partial charge in [0.2, 0.25) is 0 Å². The van der Waals surface area contributed by atoms with Gasteiger partial charge in [0.05, 0.1) is 5.39 Å². The highest BCUT2D eigenvalue weighted by molar-refractivity contribution is 9.10. The molecule has 1 saturated heterocycles. The lowest BCUT2D eigenvalue weighted by Crippen LogP contribution is -2.52. The summed E-state index contributed by atoms with van der Waals surface area (Å²) in [5.74, 6) is 0.547. The Labute approximate surface area is 187 Å². The normalized spacial score (nSPS) is 14.0. The van der Waals surface area contributed by atoms with E-state index in [9.17, 15) is 9.59 Å². The molecule has 3 aromatic rings. The zero-order valence-electron chi connectivity index (χ0n) is 17.4. The topological polar surface area (TPSA) is 83.8 Å². The van der Waals surface area contributed by atoms with E-state index in [2.05, 4.69) is 25.9 Å². The molecule has 0 atom stereocenters. The summed E-state index contributed by atoms with van der Waals surface area (Å²) in [5, 5.41) is 0.703. The van der Waals surface area contributed by atoms with Gasteiger partial charge >= 0.3 is 11.7 Å². The van der Waals surface area contributed by atoms with E-state index < -0.39 is 5.69 Å². The number of urea groups is 1. The number of piperazine rings is 1. The van der Waals surface area contributed by atoms with Gasteiger partial charge in [-0.05, 0) is 27.6 Å². The highest BCUT2D eigenvalue weighted by Gasteiger charge is 2.25. The molecule has 0 N–H and O–H groups in total. The molecule has 4 rings (SSSR count). The van der Waals surface area contributed by atoms with E-state index >= 15 is 0 Å². The van der Waals surface area contributed by atoms with Gasteiger partial charge in [-0.2, -0.15) is 4.98 Å². The van der Waals surface area contributed by atoms with Crippen LogP contribution in [0.4, 0.5) is 10.6 Å². The third-order valence-corrected chi connectivity index (χ3v) is 5.51. The fraction of sp³-hybridized carbons (Fsp3) is 0.333. The van der Waals surface area contributed by atoms with E-state index in [1.807, 2.05) is 41.3 Å². The predicted molar refractivity (Wildman–Crippen MR) is 121 cm³/mol. The third-order valence-electron chi connectivity index (χ3n) is 5.08. The van der Waals surface area contributed by atoms with Crippen LogP contribution in [0.15, 0.2) is 51.9 Å². The standard InChI is InChI=1S/C21H23BrN6O3/c1-25(2)21(30)27-10-8-26(9-11-27)19-17-12-16(22)13-23-18(17)28(20(29)24-19)31-14-15-6-4-3-5-7-15/h3-7,12-13H,8-11,14H2,1-2H3. The number of rotatable bonds is 4. The van der Waals surface area contributed by atoms with Crippen molar-refractivity contribution in [1.29, 1.82) is 0 Å². The van der Waals surface area contributed by atoms with Gasteiger partial charge in [0.15, 0.2) is 5.65 Å². The fourth-order valence-corrected chi connectivity index (χ4v) is 3.84. The lowest BCUT2D eigenvalue weighted by Gasteiger charge is -2.36. The number of amides is 2. The molecule has 1 fully saturated rings.